The van der Waals surface area contributed by atoms with Crippen molar-refractivity contribution in [2.45, 2.75) is 19.6 Å². The molecule has 1 saturated heterocycles. The predicted molar refractivity (Wildman–Crippen MR) is 168 cm³/mol. The van der Waals surface area contributed by atoms with E-state index in [4.69, 9.17) is 0 Å². The minimum atomic E-state index is -4.54. The molecular weight excluding hydrogens is 577 g/mol. The number of halogens is 3. The summed E-state index contributed by atoms with van der Waals surface area (Å²) in [6.45, 7) is 5.38. The number of hydrogen-bond acceptors (Lipinski definition) is 5. The lowest BCUT2D eigenvalue weighted by molar-refractivity contribution is -0.137. The van der Waals surface area contributed by atoms with E-state index in [-0.39, 0.29) is 5.69 Å². The number of nitrogens with zero attached hydrogens (tertiary/aromatic N) is 5. The van der Waals surface area contributed by atoms with Crippen molar-refractivity contribution in [3.05, 3.63) is 119 Å². The van der Waals surface area contributed by atoms with Crippen molar-refractivity contribution < 1.29 is 18.0 Å². The summed E-state index contributed by atoms with van der Waals surface area (Å²) in [7, 11) is 2.02. The summed E-state index contributed by atoms with van der Waals surface area (Å²) in [6.07, 6.45) is 0.691. The van der Waals surface area contributed by atoms with Gasteiger partial charge in [-0.1, -0.05) is 42.3 Å². The van der Waals surface area contributed by atoms with E-state index in [1.54, 1.807) is 43.6 Å². The normalized spacial score (nSPS) is 14.2. The number of piperazine rings is 1. The van der Waals surface area contributed by atoms with Crippen molar-refractivity contribution in [2.75, 3.05) is 38.5 Å². The van der Waals surface area contributed by atoms with Gasteiger partial charge < -0.3 is 10.2 Å². The first-order valence-corrected chi connectivity index (χ1v) is 14.6. The Morgan fingerprint density at radius 3 is 2.47 bits per heavy atom. The van der Waals surface area contributed by atoms with Gasteiger partial charge in [0.1, 0.15) is 5.69 Å². The third kappa shape index (κ3) is 6.90. The Balaban J connectivity index is 1.25. The number of amides is 1. The molecule has 1 aliphatic heterocycles. The molecular formula is C35H31F3N6O. The maximum absolute atomic E-state index is 13.8. The zero-order valence-corrected chi connectivity index (χ0v) is 24.9. The van der Waals surface area contributed by atoms with Crippen molar-refractivity contribution >= 4 is 17.2 Å². The number of carbonyl (C=O) groups is 1. The molecule has 0 unspecified atom stereocenters. The van der Waals surface area contributed by atoms with Gasteiger partial charge >= 0.3 is 6.18 Å². The summed E-state index contributed by atoms with van der Waals surface area (Å²) in [4.78, 5) is 26.6. The van der Waals surface area contributed by atoms with E-state index in [0.717, 1.165) is 49.6 Å². The van der Waals surface area contributed by atoms with E-state index in [2.05, 4.69) is 36.9 Å². The molecule has 0 atom stereocenters. The SMILES string of the molecule is Cc1c(C#Cc2cnc3cnc(-c4ccccc4)cn23)cccc1C(=O)Nc1cc(CN2CCN(C)CC2)cc(C(F)(F)F)c1. The molecule has 3 heterocycles. The largest absolute Gasteiger partial charge is 0.416 e. The van der Waals surface area contributed by atoms with Crippen LogP contribution in [0.2, 0.25) is 0 Å². The van der Waals surface area contributed by atoms with E-state index in [9.17, 15) is 18.0 Å². The van der Waals surface area contributed by atoms with Crippen LogP contribution < -0.4 is 5.32 Å². The zero-order valence-electron chi connectivity index (χ0n) is 24.9. The Kier molecular flexibility index (Phi) is 8.39. The van der Waals surface area contributed by atoms with E-state index in [1.165, 1.54) is 0 Å². The van der Waals surface area contributed by atoms with Crippen molar-refractivity contribution in [3.63, 3.8) is 0 Å². The molecule has 0 radical (unpaired) electrons. The highest BCUT2D eigenvalue weighted by molar-refractivity contribution is 6.05. The maximum atomic E-state index is 13.8. The first-order valence-electron chi connectivity index (χ1n) is 14.6. The fourth-order valence-electron chi connectivity index (χ4n) is 5.37. The molecule has 3 aromatic carbocycles. The molecule has 6 rings (SSSR count). The smallest absolute Gasteiger partial charge is 0.322 e. The van der Waals surface area contributed by atoms with Crippen molar-refractivity contribution in [2.24, 2.45) is 0 Å². The number of benzene rings is 3. The highest BCUT2D eigenvalue weighted by Crippen LogP contribution is 2.33. The number of hydrogen-bond donors (Lipinski definition) is 1. The molecule has 45 heavy (non-hydrogen) atoms. The Bertz CT molecular complexity index is 1920. The molecule has 1 N–H and O–H groups in total. The minimum Gasteiger partial charge on any atom is -0.322 e. The van der Waals surface area contributed by atoms with Crippen LogP contribution in [-0.4, -0.2) is 63.3 Å². The predicted octanol–water partition coefficient (Wildman–Crippen LogP) is 6.12. The average molecular weight is 609 g/mol. The van der Waals surface area contributed by atoms with Crippen LogP contribution in [-0.2, 0) is 12.7 Å². The summed E-state index contributed by atoms with van der Waals surface area (Å²) < 4.78 is 43.3. The van der Waals surface area contributed by atoms with E-state index < -0.39 is 17.6 Å². The van der Waals surface area contributed by atoms with Crippen molar-refractivity contribution in [3.8, 4) is 23.1 Å². The molecule has 0 aliphatic carbocycles. The monoisotopic (exact) mass is 608 g/mol. The van der Waals surface area contributed by atoms with Gasteiger partial charge in [0.2, 0.25) is 0 Å². The Morgan fingerprint density at radius 2 is 1.71 bits per heavy atom. The van der Waals surface area contributed by atoms with Crippen LogP contribution in [0.3, 0.4) is 0 Å². The van der Waals surface area contributed by atoms with Crippen LogP contribution in [0.15, 0.2) is 85.3 Å². The van der Waals surface area contributed by atoms with Gasteiger partial charge in [0, 0.05) is 61.3 Å². The second kappa shape index (κ2) is 12.6. The van der Waals surface area contributed by atoms with Crippen LogP contribution in [0, 0.1) is 18.8 Å². The quantitative estimate of drug-likeness (QED) is 0.244. The second-order valence-electron chi connectivity index (χ2n) is 11.2. The molecule has 1 amide bonds. The number of rotatable bonds is 5. The standard InChI is InChI=1S/C35H31F3N6O/c1-24-26(11-12-30-20-40-33-21-39-32(23-44(30)33)27-7-4-3-5-8-27)9-6-10-31(24)34(45)41-29-18-25(17-28(19-29)35(36,37)38)22-43-15-13-42(2)14-16-43/h3-10,17-21,23H,13-16,22H2,1-2H3,(H,41,45). The number of likely N-dealkylation sites (N-methyl/N-ethyl adjacent to an activating group) is 1. The van der Waals surface area contributed by atoms with Crippen LogP contribution in [0.1, 0.15) is 38.3 Å². The molecule has 0 saturated carbocycles. The lowest BCUT2D eigenvalue weighted by atomic mass is 10.0. The average Bonchev–Trinajstić information content (AvgIpc) is 3.44. The summed E-state index contributed by atoms with van der Waals surface area (Å²) in [5, 5.41) is 2.70. The fraction of sp³-hybridized carbons (Fsp3) is 0.229. The Morgan fingerprint density at radius 1 is 0.933 bits per heavy atom. The molecule has 1 fully saturated rings. The van der Waals surface area contributed by atoms with Crippen LogP contribution in [0.4, 0.5) is 18.9 Å². The molecule has 10 heteroatoms. The molecule has 228 valence electrons. The summed E-state index contributed by atoms with van der Waals surface area (Å²) in [5.41, 5.74) is 4.42. The first kappa shape index (κ1) is 30.1. The van der Waals surface area contributed by atoms with Gasteiger partial charge in [-0.15, -0.1) is 0 Å². The summed E-state index contributed by atoms with van der Waals surface area (Å²) in [5.74, 6) is 5.79. The summed E-state index contributed by atoms with van der Waals surface area (Å²) in [6, 6.07) is 18.7. The molecule has 2 aromatic heterocycles. The topological polar surface area (TPSA) is 65.8 Å². The van der Waals surface area contributed by atoms with Crippen LogP contribution in [0.5, 0.6) is 0 Å². The summed E-state index contributed by atoms with van der Waals surface area (Å²) >= 11 is 0. The maximum Gasteiger partial charge on any atom is 0.416 e. The lowest BCUT2D eigenvalue weighted by Gasteiger charge is -2.32. The molecule has 5 aromatic rings. The zero-order chi connectivity index (χ0) is 31.6. The van der Waals surface area contributed by atoms with Crippen molar-refractivity contribution in [1.29, 1.82) is 0 Å². The third-order valence-electron chi connectivity index (χ3n) is 7.95. The number of alkyl halides is 3. The van der Waals surface area contributed by atoms with Gasteiger partial charge in [0.05, 0.1) is 23.7 Å². The third-order valence-corrected chi connectivity index (χ3v) is 7.95. The van der Waals surface area contributed by atoms with Gasteiger partial charge in [0.25, 0.3) is 5.91 Å². The van der Waals surface area contributed by atoms with Crippen LogP contribution >= 0.6 is 0 Å². The molecule has 0 bridgehead atoms. The number of anilines is 1. The van der Waals surface area contributed by atoms with Crippen molar-refractivity contribution in [1.82, 2.24) is 24.2 Å². The highest BCUT2D eigenvalue weighted by atomic mass is 19.4. The van der Waals surface area contributed by atoms with Gasteiger partial charge in [-0.05, 0) is 61.4 Å². The Labute approximate surface area is 259 Å². The number of imidazole rings is 1. The van der Waals surface area contributed by atoms with E-state index in [1.807, 2.05) is 48.0 Å². The number of aromatic nitrogens is 3. The molecule has 7 nitrogen and oxygen atoms in total. The number of carbonyl (C=O) groups excluding carboxylic acids is 1. The number of fused-ring (bicyclic) bond motifs is 1. The number of nitrogens with one attached hydrogen (secondary N) is 1. The fourth-order valence-corrected chi connectivity index (χ4v) is 5.37. The molecule has 1 aliphatic rings. The highest BCUT2D eigenvalue weighted by Gasteiger charge is 2.31. The van der Waals surface area contributed by atoms with Gasteiger partial charge in [-0.2, -0.15) is 13.2 Å². The second-order valence-corrected chi connectivity index (χ2v) is 11.2. The lowest BCUT2D eigenvalue weighted by Crippen LogP contribution is -2.43. The Hall–Kier alpha value is -4.98. The molecule has 0 spiro atoms. The van der Waals surface area contributed by atoms with Gasteiger partial charge in [0.15, 0.2) is 5.65 Å². The van der Waals surface area contributed by atoms with Crippen LogP contribution in [0.25, 0.3) is 16.9 Å². The van der Waals surface area contributed by atoms with E-state index >= 15 is 0 Å². The minimum absolute atomic E-state index is 0.100. The van der Waals surface area contributed by atoms with Gasteiger partial charge in [-0.25, -0.2) is 4.98 Å². The first-order chi connectivity index (χ1) is 21.6. The van der Waals surface area contributed by atoms with Gasteiger partial charge in [-0.3, -0.25) is 19.1 Å². The van der Waals surface area contributed by atoms with E-state index in [0.29, 0.717) is 40.1 Å².